The molecule has 0 fully saturated rings. The van der Waals surface area contributed by atoms with Crippen LogP contribution >= 0.6 is 0 Å². The van der Waals surface area contributed by atoms with Crippen LogP contribution in [-0.4, -0.2) is 67.8 Å². The third kappa shape index (κ3) is 8.28. The number of aliphatic hydroxyl groups excluding tert-OH is 6. The molecule has 5 atom stereocenters. The predicted octanol–water partition coefficient (Wildman–Crippen LogP) is 2.88. The van der Waals surface area contributed by atoms with E-state index < -0.39 is 42.9 Å². The van der Waals surface area contributed by atoms with Crippen LogP contribution in [0.5, 0.6) is 0 Å². The van der Waals surface area contributed by atoms with Crippen LogP contribution in [0.25, 0.3) is 0 Å². The average Bonchev–Trinajstić information content (AvgIpc) is 2.85. The molecule has 204 valence electrons. The smallest absolute Gasteiger partial charge is 0.126 e. The van der Waals surface area contributed by atoms with Crippen molar-refractivity contribution < 1.29 is 39.4 Å². The largest absolute Gasteiger partial charge is 0.394 e. The predicted molar refractivity (Wildman–Crippen MR) is 137 cm³/mol. The van der Waals surface area contributed by atoms with Crippen molar-refractivity contribution in [3.63, 3.8) is 0 Å². The van der Waals surface area contributed by atoms with Crippen LogP contribution in [0, 0.1) is 11.6 Å². The van der Waals surface area contributed by atoms with Crippen molar-refractivity contribution in [1.82, 2.24) is 0 Å². The molecule has 1 unspecified atom stereocenters. The number of benzene rings is 2. The minimum absolute atomic E-state index is 0.0290. The number of halogens is 2. The highest BCUT2D eigenvalue weighted by Gasteiger charge is 2.35. The second-order valence-corrected chi connectivity index (χ2v) is 9.94. The van der Waals surface area contributed by atoms with Crippen LogP contribution in [0.15, 0.2) is 53.8 Å². The minimum Gasteiger partial charge on any atom is -0.394 e. The zero-order chi connectivity index (χ0) is 27.9. The van der Waals surface area contributed by atoms with Gasteiger partial charge in [0.15, 0.2) is 0 Å². The molecule has 8 heteroatoms. The maximum Gasteiger partial charge on any atom is 0.126 e. The Kier molecular flexibility index (Phi) is 11.6. The lowest BCUT2D eigenvalue weighted by Gasteiger charge is -2.29. The molecule has 0 aliphatic heterocycles. The van der Waals surface area contributed by atoms with E-state index in [0.717, 1.165) is 0 Å². The molecule has 2 aromatic carbocycles. The van der Waals surface area contributed by atoms with Crippen LogP contribution < -0.4 is 0 Å². The van der Waals surface area contributed by atoms with E-state index >= 15 is 0 Å². The molecule has 0 aromatic heterocycles. The number of hydrogen-bond acceptors (Lipinski definition) is 6. The monoisotopic (exact) mass is 520 g/mol. The maximum atomic E-state index is 14.6. The van der Waals surface area contributed by atoms with Crippen molar-refractivity contribution in [2.45, 2.75) is 82.9 Å². The van der Waals surface area contributed by atoms with E-state index in [1.54, 1.807) is 24.3 Å². The normalized spacial score (nSPS) is 15.7. The molecule has 6 nitrogen and oxygen atoms in total. The zero-order valence-electron chi connectivity index (χ0n) is 21.6. The van der Waals surface area contributed by atoms with Crippen molar-refractivity contribution in [3.05, 3.63) is 87.7 Å². The third-order valence-electron chi connectivity index (χ3n) is 6.36. The molecule has 6 N–H and O–H groups in total. The van der Waals surface area contributed by atoms with E-state index in [2.05, 4.69) is 5.73 Å². The number of rotatable bonds is 12. The van der Waals surface area contributed by atoms with Crippen molar-refractivity contribution in [3.8, 4) is 0 Å². The lowest BCUT2D eigenvalue weighted by molar-refractivity contribution is -0.134. The summed E-state index contributed by atoms with van der Waals surface area (Å²) in [5.41, 5.74) is 5.19. The van der Waals surface area contributed by atoms with Crippen LogP contribution in [0.1, 0.15) is 61.8 Å². The van der Waals surface area contributed by atoms with Gasteiger partial charge in [0, 0.05) is 12.0 Å². The molecule has 2 aromatic rings. The summed E-state index contributed by atoms with van der Waals surface area (Å²) < 4.78 is 28.9. The summed E-state index contributed by atoms with van der Waals surface area (Å²) in [6.07, 6.45) is -7.63. The standard InChI is InChI=1S/C29H38F2O6/c1-16(2)21-10-8-18(13-23(21)30)6-5-7-20(12-19-9-11-22(17(3)4)24(31)14-19)26(34)28(36)29(37)27(35)25(33)15-32/h5,8-11,13-14,16-17,25-29,32-37H,6,12,15H2,1-4H3/t7?,25-,26?,27+,28+,29-/m0/s1. The fourth-order valence-corrected chi connectivity index (χ4v) is 4.01. The Labute approximate surface area is 216 Å². The van der Waals surface area contributed by atoms with Crippen LogP contribution in [-0.2, 0) is 12.8 Å². The lowest BCUT2D eigenvalue weighted by atomic mass is 9.91. The van der Waals surface area contributed by atoms with Crippen molar-refractivity contribution in [2.24, 2.45) is 0 Å². The molecule has 37 heavy (non-hydrogen) atoms. The summed E-state index contributed by atoms with van der Waals surface area (Å²) in [4.78, 5) is 0. The average molecular weight is 521 g/mol. The van der Waals surface area contributed by atoms with Gasteiger partial charge in [0.1, 0.15) is 42.2 Å². The van der Waals surface area contributed by atoms with Gasteiger partial charge in [-0.1, -0.05) is 52.0 Å². The van der Waals surface area contributed by atoms with Gasteiger partial charge < -0.3 is 30.6 Å². The van der Waals surface area contributed by atoms with E-state index in [-0.39, 0.29) is 36.1 Å². The van der Waals surface area contributed by atoms with Gasteiger partial charge in [0.2, 0.25) is 0 Å². The van der Waals surface area contributed by atoms with Crippen molar-refractivity contribution in [1.29, 1.82) is 0 Å². The molecule has 0 heterocycles. The summed E-state index contributed by atoms with van der Waals surface area (Å²) in [6.45, 7) is 6.63. The van der Waals surface area contributed by atoms with Crippen molar-refractivity contribution in [2.75, 3.05) is 6.61 Å². The van der Waals surface area contributed by atoms with E-state index in [0.29, 0.717) is 22.3 Å². The molecule has 0 aliphatic rings. The van der Waals surface area contributed by atoms with Crippen LogP contribution in [0.3, 0.4) is 0 Å². The highest BCUT2D eigenvalue weighted by molar-refractivity contribution is 5.32. The van der Waals surface area contributed by atoms with Gasteiger partial charge in [0.25, 0.3) is 0 Å². The van der Waals surface area contributed by atoms with Gasteiger partial charge in [-0.25, -0.2) is 8.78 Å². The third-order valence-corrected chi connectivity index (χ3v) is 6.36. The second kappa shape index (κ2) is 13.9. The molecule has 0 saturated heterocycles. The van der Waals surface area contributed by atoms with Gasteiger partial charge in [-0.3, -0.25) is 0 Å². The summed E-state index contributed by atoms with van der Waals surface area (Å²) in [5.74, 6) is -0.760. The highest BCUT2D eigenvalue weighted by Crippen LogP contribution is 2.23. The molecule has 0 amide bonds. The highest BCUT2D eigenvalue weighted by atomic mass is 19.1. The van der Waals surface area contributed by atoms with E-state index in [1.165, 1.54) is 18.2 Å². The molecule has 0 spiro atoms. The Bertz CT molecular complexity index is 1090. The Morgan fingerprint density at radius 2 is 1.30 bits per heavy atom. The SMILES string of the molecule is CC(C)c1ccc(CC=C=C(Cc2ccc(C(C)C)c(F)c2)C(O)[C@@H](O)[C@@H](O)[C@H](O)[C@@H](O)CO)cc1F. The first-order chi connectivity index (χ1) is 17.4. The quantitative estimate of drug-likeness (QED) is 0.240. The summed E-state index contributed by atoms with van der Waals surface area (Å²) in [7, 11) is 0. The Hall–Kier alpha value is -2.42. The summed E-state index contributed by atoms with van der Waals surface area (Å²) in [5, 5.41) is 60.1. The van der Waals surface area contributed by atoms with Gasteiger partial charge in [0.05, 0.1) is 6.61 Å². The molecule has 0 radical (unpaired) electrons. The number of hydrogen-bond donors (Lipinski definition) is 6. The Morgan fingerprint density at radius 1 is 0.784 bits per heavy atom. The maximum absolute atomic E-state index is 14.6. The first kappa shape index (κ1) is 30.8. The van der Waals surface area contributed by atoms with E-state index in [9.17, 15) is 34.3 Å². The van der Waals surface area contributed by atoms with Gasteiger partial charge in [-0.2, -0.15) is 0 Å². The summed E-state index contributed by atoms with van der Waals surface area (Å²) in [6, 6.07) is 9.52. The molecule has 0 saturated carbocycles. The fourth-order valence-electron chi connectivity index (χ4n) is 4.01. The van der Waals surface area contributed by atoms with Crippen molar-refractivity contribution >= 4 is 0 Å². The van der Waals surface area contributed by atoms with E-state index in [4.69, 9.17) is 5.11 Å². The van der Waals surface area contributed by atoms with E-state index in [1.807, 2.05) is 27.7 Å². The van der Waals surface area contributed by atoms with Gasteiger partial charge in [-0.15, -0.1) is 5.73 Å². The molecular weight excluding hydrogens is 482 g/mol. The second-order valence-electron chi connectivity index (χ2n) is 9.94. The fraction of sp³-hybridized carbons (Fsp3) is 0.483. The Balaban J connectivity index is 2.39. The molecular formula is C29H38F2O6. The molecule has 0 bridgehead atoms. The van der Waals surface area contributed by atoms with Gasteiger partial charge in [-0.05, 0) is 58.7 Å². The van der Waals surface area contributed by atoms with Crippen LogP contribution in [0.2, 0.25) is 0 Å². The number of aliphatic hydroxyl groups is 6. The lowest BCUT2D eigenvalue weighted by Crippen LogP contribution is -2.50. The first-order valence-corrected chi connectivity index (χ1v) is 12.4. The topological polar surface area (TPSA) is 121 Å². The molecule has 2 rings (SSSR count). The molecule has 0 aliphatic carbocycles. The van der Waals surface area contributed by atoms with Crippen LogP contribution in [0.4, 0.5) is 8.78 Å². The minimum atomic E-state index is -1.99. The summed E-state index contributed by atoms with van der Waals surface area (Å²) >= 11 is 0. The Morgan fingerprint density at radius 3 is 1.78 bits per heavy atom. The zero-order valence-corrected chi connectivity index (χ0v) is 21.6. The van der Waals surface area contributed by atoms with Gasteiger partial charge >= 0.3 is 0 Å². The first-order valence-electron chi connectivity index (χ1n) is 12.4.